The molecule has 0 radical (unpaired) electrons. The Hall–Kier alpha value is 0.843. The molecule has 1 aliphatic carbocycles. The molecule has 9 heavy (non-hydrogen) atoms. The van der Waals surface area contributed by atoms with Crippen molar-refractivity contribution in [1.29, 1.82) is 0 Å². The van der Waals surface area contributed by atoms with E-state index in [0.717, 1.165) is 0 Å². The summed E-state index contributed by atoms with van der Waals surface area (Å²) in [5.74, 6) is 0.620. The monoisotopic (exact) mass is 262 g/mol. The maximum atomic E-state index is 3.50. The van der Waals surface area contributed by atoms with Gasteiger partial charge in [-0.05, 0) is 0 Å². The van der Waals surface area contributed by atoms with Gasteiger partial charge >= 0.3 is 0 Å². The van der Waals surface area contributed by atoms with E-state index < -0.39 is 0 Å². The minimum absolute atomic E-state index is 0. The number of allylic oxidation sites excluding steroid dienone is 4. The van der Waals surface area contributed by atoms with Crippen LogP contribution < -0.4 is 0 Å². The standard InChI is InChI=1S/C7H9Br.Zr/c1-6(8)7-4-2-3-5-7;/h2-7H,1H3;. The van der Waals surface area contributed by atoms with Crippen molar-refractivity contribution in [2.24, 2.45) is 5.92 Å². The number of hydrogen-bond donors (Lipinski definition) is 0. The second kappa shape index (κ2) is 4.63. The van der Waals surface area contributed by atoms with Gasteiger partial charge in [0.15, 0.2) is 0 Å². The van der Waals surface area contributed by atoms with E-state index in [0.29, 0.717) is 10.7 Å². The Balaban J connectivity index is 0.000000640. The first-order valence-corrected chi connectivity index (χ1v) is 3.71. The van der Waals surface area contributed by atoms with Gasteiger partial charge in [-0.25, -0.2) is 0 Å². The van der Waals surface area contributed by atoms with Gasteiger partial charge in [-0.2, -0.15) is 0 Å². The normalized spacial score (nSPS) is 19.8. The molecule has 0 aromatic carbocycles. The van der Waals surface area contributed by atoms with Crippen molar-refractivity contribution >= 4 is 15.9 Å². The molecule has 0 aromatic heterocycles. The van der Waals surface area contributed by atoms with Crippen LogP contribution in [-0.2, 0) is 26.2 Å². The molecule has 48 valence electrons. The van der Waals surface area contributed by atoms with Crippen molar-refractivity contribution in [3.63, 3.8) is 0 Å². The van der Waals surface area contributed by atoms with Crippen LogP contribution in [0.2, 0.25) is 0 Å². The second-order valence-electron chi connectivity index (χ2n) is 2.02. The fraction of sp³-hybridized carbons (Fsp3) is 0.429. The topological polar surface area (TPSA) is 0 Å². The van der Waals surface area contributed by atoms with E-state index in [1.54, 1.807) is 0 Å². The summed E-state index contributed by atoms with van der Waals surface area (Å²) < 4.78 is 0. The SMILES string of the molecule is CC(Br)C1C=CC=C1.[Zr]. The van der Waals surface area contributed by atoms with Gasteiger partial charge in [-0.1, -0.05) is 47.2 Å². The van der Waals surface area contributed by atoms with Crippen molar-refractivity contribution in [3.05, 3.63) is 24.3 Å². The molecule has 1 atom stereocenters. The molecule has 0 aliphatic heterocycles. The van der Waals surface area contributed by atoms with Crippen LogP contribution in [0.15, 0.2) is 24.3 Å². The molecular formula is C7H9BrZr. The molecule has 0 bridgehead atoms. The van der Waals surface area contributed by atoms with Crippen LogP contribution >= 0.6 is 15.9 Å². The van der Waals surface area contributed by atoms with Gasteiger partial charge in [-0.15, -0.1) is 0 Å². The van der Waals surface area contributed by atoms with E-state index in [1.165, 1.54) is 0 Å². The van der Waals surface area contributed by atoms with Gasteiger partial charge < -0.3 is 0 Å². The summed E-state index contributed by atoms with van der Waals surface area (Å²) in [6, 6.07) is 0. The zero-order valence-electron chi connectivity index (χ0n) is 5.34. The van der Waals surface area contributed by atoms with Crippen molar-refractivity contribution < 1.29 is 26.2 Å². The molecule has 1 aliphatic rings. The first-order chi connectivity index (χ1) is 3.80. The maximum absolute atomic E-state index is 3.50. The predicted octanol–water partition coefficient (Wildman–Crippen LogP) is 2.51. The van der Waals surface area contributed by atoms with E-state index in [1.807, 2.05) is 0 Å². The van der Waals surface area contributed by atoms with Crippen LogP contribution in [0.3, 0.4) is 0 Å². The Morgan fingerprint density at radius 1 is 1.33 bits per heavy atom. The van der Waals surface area contributed by atoms with E-state index in [4.69, 9.17) is 0 Å². The quantitative estimate of drug-likeness (QED) is 0.638. The van der Waals surface area contributed by atoms with Crippen LogP contribution in [0, 0.1) is 5.92 Å². The van der Waals surface area contributed by atoms with E-state index >= 15 is 0 Å². The van der Waals surface area contributed by atoms with Gasteiger partial charge in [-0.3, -0.25) is 0 Å². The molecule has 0 heterocycles. The van der Waals surface area contributed by atoms with Crippen LogP contribution in [0.1, 0.15) is 6.92 Å². The predicted molar refractivity (Wildman–Crippen MR) is 40.2 cm³/mol. The molecule has 0 nitrogen and oxygen atoms in total. The molecule has 0 amide bonds. The zero-order valence-corrected chi connectivity index (χ0v) is 9.39. The summed E-state index contributed by atoms with van der Waals surface area (Å²) >= 11 is 3.50. The molecule has 1 unspecified atom stereocenters. The van der Waals surface area contributed by atoms with E-state index in [2.05, 4.69) is 47.2 Å². The Morgan fingerprint density at radius 3 is 2.00 bits per heavy atom. The fourth-order valence-electron chi connectivity index (χ4n) is 0.755. The molecule has 0 N–H and O–H groups in total. The summed E-state index contributed by atoms with van der Waals surface area (Å²) in [5.41, 5.74) is 0. The third kappa shape index (κ3) is 2.95. The van der Waals surface area contributed by atoms with Crippen molar-refractivity contribution in [1.82, 2.24) is 0 Å². The van der Waals surface area contributed by atoms with Gasteiger partial charge in [0.05, 0.1) is 0 Å². The average molecular weight is 264 g/mol. The number of alkyl halides is 1. The first kappa shape index (κ1) is 9.84. The second-order valence-corrected chi connectivity index (χ2v) is 3.47. The molecule has 0 saturated heterocycles. The third-order valence-corrected chi connectivity index (χ3v) is 1.92. The van der Waals surface area contributed by atoms with Crippen LogP contribution in [0.25, 0.3) is 0 Å². The van der Waals surface area contributed by atoms with E-state index in [9.17, 15) is 0 Å². The zero-order chi connectivity index (χ0) is 5.98. The third-order valence-electron chi connectivity index (χ3n) is 1.31. The van der Waals surface area contributed by atoms with Crippen molar-refractivity contribution in [2.45, 2.75) is 11.8 Å². The molecule has 1 rings (SSSR count). The van der Waals surface area contributed by atoms with Gasteiger partial charge in [0.2, 0.25) is 0 Å². The number of halogens is 1. The molecular weight excluding hydrogens is 255 g/mol. The molecule has 0 fully saturated rings. The van der Waals surface area contributed by atoms with Gasteiger partial charge in [0, 0.05) is 36.9 Å². The smallest absolute Gasteiger partial charge is 0.0215 e. The summed E-state index contributed by atoms with van der Waals surface area (Å²) in [5, 5.41) is 0. The Morgan fingerprint density at radius 2 is 1.78 bits per heavy atom. The molecule has 2 heteroatoms. The average Bonchev–Trinajstić information content (AvgIpc) is 2.12. The minimum atomic E-state index is 0. The Kier molecular flexibility index (Phi) is 5.06. The van der Waals surface area contributed by atoms with Gasteiger partial charge in [0.25, 0.3) is 0 Å². The maximum Gasteiger partial charge on any atom is 0.0215 e. The molecule has 0 spiro atoms. The van der Waals surface area contributed by atoms with Crippen LogP contribution in [0.4, 0.5) is 0 Å². The summed E-state index contributed by atoms with van der Waals surface area (Å²) in [6.45, 7) is 2.16. The van der Waals surface area contributed by atoms with Gasteiger partial charge in [0.1, 0.15) is 0 Å². The van der Waals surface area contributed by atoms with Crippen molar-refractivity contribution in [2.75, 3.05) is 0 Å². The number of hydrogen-bond acceptors (Lipinski definition) is 0. The van der Waals surface area contributed by atoms with Crippen molar-refractivity contribution in [3.8, 4) is 0 Å². The minimum Gasteiger partial charge on any atom is -0.0884 e. The van der Waals surface area contributed by atoms with E-state index in [-0.39, 0.29) is 26.2 Å². The first-order valence-electron chi connectivity index (χ1n) is 2.80. The Bertz CT molecular complexity index is 115. The van der Waals surface area contributed by atoms with Crippen LogP contribution in [-0.4, -0.2) is 4.83 Å². The number of rotatable bonds is 1. The summed E-state index contributed by atoms with van der Waals surface area (Å²) in [4.78, 5) is 0.581. The fourth-order valence-corrected chi connectivity index (χ4v) is 1.11. The summed E-state index contributed by atoms with van der Waals surface area (Å²) in [7, 11) is 0. The molecule has 0 saturated carbocycles. The molecule has 0 aromatic rings. The van der Waals surface area contributed by atoms with Crippen LogP contribution in [0.5, 0.6) is 0 Å². The summed E-state index contributed by atoms with van der Waals surface area (Å²) in [6.07, 6.45) is 8.56. The largest absolute Gasteiger partial charge is 0.0884 e. The Labute approximate surface area is 83.7 Å².